The lowest BCUT2D eigenvalue weighted by atomic mass is 9.82. The van der Waals surface area contributed by atoms with Crippen molar-refractivity contribution < 1.29 is 0 Å². The molecule has 3 aromatic rings. The summed E-state index contributed by atoms with van der Waals surface area (Å²) >= 11 is 0. The van der Waals surface area contributed by atoms with Crippen molar-refractivity contribution in [3.63, 3.8) is 0 Å². The fourth-order valence-electron chi connectivity index (χ4n) is 4.64. The van der Waals surface area contributed by atoms with Crippen molar-refractivity contribution in [3.05, 3.63) is 95.3 Å². The SMILES string of the molecule is CC(C)(C)c1ccc(C2(c3ccncc3)Nc3ccccc3C3=NCCCN32)cc1. The zero-order valence-corrected chi connectivity index (χ0v) is 17.9. The van der Waals surface area contributed by atoms with Crippen molar-refractivity contribution in [3.8, 4) is 0 Å². The second kappa shape index (κ2) is 6.98. The average Bonchev–Trinajstić information content (AvgIpc) is 2.78. The van der Waals surface area contributed by atoms with Crippen molar-refractivity contribution >= 4 is 11.5 Å². The maximum Gasteiger partial charge on any atom is 0.165 e. The predicted octanol–water partition coefficient (Wildman–Crippen LogP) is 5.16. The van der Waals surface area contributed by atoms with Gasteiger partial charge in [-0.05, 0) is 41.7 Å². The third-order valence-electron chi connectivity index (χ3n) is 6.21. The molecule has 0 saturated heterocycles. The molecule has 4 nitrogen and oxygen atoms in total. The monoisotopic (exact) mass is 396 g/mol. The fraction of sp³-hybridized carbons (Fsp3) is 0.308. The molecule has 30 heavy (non-hydrogen) atoms. The minimum Gasteiger partial charge on any atom is -0.354 e. The van der Waals surface area contributed by atoms with Crippen molar-refractivity contribution in [1.82, 2.24) is 9.88 Å². The molecule has 0 aliphatic carbocycles. The molecule has 0 fully saturated rings. The number of nitrogens with one attached hydrogen (secondary N) is 1. The average molecular weight is 397 g/mol. The van der Waals surface area contributed by atoms with Crippen molar-refractivity contribution in [1.29, 1.82) is 0 Å². The summed E-state index contributed by atoms with van der Waals surface area (Å²) in [4.78, 5) is 11.7. The Morgan fingerprint density at radius 1 is 0.900 bits per heavy atom. The molecule has 2 aliphatic rings. The Morgan fingerprint density at radius 2 is 1.60 bits per heavy atom. The Hall–Kier alpha value is -3.14. The first-order valence-corrected chi connectivity index (χ1v) is 10.7. The van der Waals surface area contributed by atoms with Crippen LogP contribution in [0.4, 0.5) is 5.69 Å². The first-order chi connectivity index (χ1) is 14.5. The van der Waals surface area contributed by atoms with E-state index < -0.39 is 5.66 Å². The van der Waals surface area contributed by atoms with Gasteiger partial charge in [0, 0.05) is 47.9 Å². The number of pyridine rings is 1. The first-order valence-electron chi connectivity index (χ1n) is 10.7. The van der Waals surface area contributed by atoms with Gasteiger partial charge in [0.2, 0.25) is 0 Å². The van der Waals surface area contributed by atoms with Gasteiger partial charge >= 0.3 is 0 Å². The van der Waals surface area contributed by atoms with Gasteiger partial charge in [0.25, 0.3) is 0 Å². The Bertz CT molecular complexity index is 1080. The highest BCUT2D eigenvalue weighted by Gasteiger charge is 2.47. The van der Waals surface area contributed by atoms with Crippen LogP contribution in [0.25, 0.3) is 0 Å². The number of anilines is 1. The van der Waals surface area contributed by atoms with Crippen LogP contribution in [0.1, 0.15) is 49.4 Å². The molecule has 4 heteroatoms. The molecule has 0 spiro atoms. The minimum atomic E-state index is -0.521. The number of aliphatic imine (C=N–C) groups is 1. The second-order valence-electron chi connectivity index (χ2n) is 9.15. The number of hydrogen-bond donors (Lipinski definition) is 1. The Morgan fingerprint density at radius 3 is 2.33 bits per heavy atom. The van der Waals surface area contributed by atoms with Crippen LogP contribution in [0.3, 0.4) is 0 Å². The van der Waals surface area contributed by atoms with E-state index in [4.69, 9.17) is 4.99 Å². The van der Waals surface area contributed by atoms with Gasteiger partial charge in [-0.1, -0.05) is 57.2 Å². The molecule has 2 aromatic carbocycles. The largest absolute Gasteiger partial charge is 0.354 e. The number of aromatic nitrogens is 1. The quantitative estimate of drug-likeness (QED) is 0.651. The third kappa shape index (κ3) is 2.90. The van der Waals surface area contributed by atoms with Gasteiger partial charge in [-0.2, -0.15) is 0 Å². The van der Waals surface area contributed by atoms with Gasteiger partial charge in [-0.15, -0.1) is 0 Å². The van der Waals surface area contributed by atoms with Crippen molar-refractivity contribution in [2.75, 3.05) is 18.4 Å². The van der Waals surface area contributed by atoms with E-state index in [-0.39, 0.29) is 5.41 Å². The van der Waals surface area contributed by atoms with E-state index in [9.17, 15) is 0 Å². The van der Waals surface area contributed by atoms with E-state index in [0.717, 1.165) is 31.0 Å². The second-order valence-corrected chi connectivity index (χ2v) is 9.15. The van der Waals surface area contributed by atoms with Gasteiger partial charge in [-0.25, -0.2) is 0 Å². The van der Waals surface area contributed by atoms with Crippen LogP contribution in [0.15, 0.2) is 78.0 Å². The van der Waals surface area contributed by atoms with Crippen molar-refractivity contribution in [2.45, 2.75) is 38.3 Å². The fourth-order valence-corrected chi connectivity index (χ4v) is 4.64. The van der Waals surface area contributed by atoms with E-state index >= 15 is 0 Å². The summed E-state index contributed by atoms with van der Waals surface area (Å²) in [6, 6.07) is 21.8. The van der Waals surface area contributed by atoms with E-state index in [1.54, 1.807) is 0 Å². The van der Waals surface area contributed by atoms with E-state index in [2.05, 4.69) is 96.6 Å². The molecule has 0 amide bonds. The van der Waals surface area contributed by atoms with Gasteiger partial charge in [0.05, 0.1) is 0 Å². The number of para-hydroxylation sites is 1. The highest BCUT2D eigenvalue weighted by atomic mass is 15.4. The van der Waals surface area contributed by atoms with E-state index in [0.29, 0.717) is 0 Å². The molecule has 152 valence electrons. The lowest BCUT2D eigenvalue weighted by molar-refractivity contribution is 0.235. The lowest BCUT2D eigenvalue weighted by Gasteiger charge is -2.52. The van der Waals surface area contributed by atoms with Gasteiger partial charge in [0.15, 0.2) is 5.66 Å². The highest BCUT2D eigenvalue weighted by Crippen LogP contribution is 2.44. The zero-order chi connectivity index (χ0) is 20.8. The minimum absolute atomic E-state index is 0.118. The van der Waals surface area contributed by atoms with Gasteiger partial charge in [0.1, 0.15) is 5.84 Å². The van der Waals surface area contributed by atoms with E-state index in [1.807, 2.05) is 12.4 Å². The molecule has 1 N–H and O–H groups in total. The summed E-state index contributed by atoms with van der Waals surface area (Å²) in [6.45, 7) is 8.58. The molecule has 1 atom stereocenters. The number of benzene rings is 2. The summed E-state index contributed by atoms with van der Waals surface area (Å²) in [5, 5.41) is 3.92. The van der Waals surface area contributed by atoms with Crippen LogP contribution in [0.5, 0.6) is 0 Å². The van der Waals surface area contributed by atoms with Gasteiger partial charge in [-0.3, -0.25) is 9.98 Å². The van der Waals surface area contributed by atoms with Crippen LogP contribution in [0.2, 0.25) is 0 Å². The molecular weight excluding hydrogens is 368 g/mol. The summed E-state index contributed by atoms with van der Waals surface area (Å²) in [5.74, 6) is 1.08. The Labute approximate surface area is 178 Å². The van der Waals surface area contributed by atoms with E-state index in [1.165, 1.54) is 22.3 Å². The van der Waals surface area contributed by atoms with Crippen LogP contribution < -0.4 is 5.32 Å². The number of amidine groups is 1. The molecule has 2 aliphatic heterocycles. The summed E-state index contributed by atoms with van der Waals surface area (Å²) in [6.07, 6.45) is 4.80. The van der Waals surface area contributed by atoms with Gasteiger partial charge < -0.3 is 10.2 Å². The summed E-state index contributed by atoms with van der Waals surface area (Å²) < 4.78 is 0. The lowest BCUT2D eigenvalue weighted by Crippen LogP contribution is -2.59. The number of fused-ring (bicyclic) bond motifs is 3. The molecule has 5 rings (SSSR count). The molecule has 0 bridgehead atoms. The summed E-state index contributed by atoms with van der Waals surface area (Å²) in [5.41, 5.74) is 5.61. The molecule has 1 unspecified atom stereocenters. The molecule has 3 heterocycles. The highest BCUT2D eigenvalue weighted by molar-refractivity contribution is 6.06. The topological polar surface area (TPSA) is 40.5 Å². The molecule has 0 radical (unpaired) electrons. The maximum absolute atomic E-state index is 4.98. The first kappa shape index (κ1) is 18.9. The maximum atomic E-state index is 4.98. The number of nitrogens with zero attached hydrogens (tertiary/aromatic N) is 3. The predicted molar refractivity (Wildman–Crippen MR) is 123 cm³/mol. The Balaban J connectivity index is 1.76. The number of rotatable bonds is 2. The Kier molecular flexibility index (Phi) is 4.39. The smallest absolute Gasteiger partial charge is 0.165 e. The zero-order valence-electron chi connectivity index (χ0n) is 17.9. The standard InChI is InChI=1S/C26H28N4/c1-25(2,3)19-9-11-20(12-10-19)26(21-13-16-27-17-14-21)29-23-8-5-4-7-22(23)24-28-15-6-18-30(24)26/h4-5,7-14,16-17,29H,6,15,18H2,1-3H3. The molecule has 0 saturated carbocycles. The normalized spacial score (nSPS) is 20.6. The third-order valence-corrected chi connectivity index (χ3v) is 6.21. The van der Waals surface area contributed by atoms with Crippen LogP contribution >= 0.6 is 0 Å². The molecular formula is C26H28N4. The van der Waals surface area contributed by atoms with Crippen LogP contribution in [-0.4, -0.2) is 28.8 Å². The van der Waals surface area contributed by atoms with Crippen molar-refractivity contribution in [2.24, 2.45) is 4.99 Å². The summed E-state index contributed by atoms with van der Waals surface area (Å²) in [7, 11) is 0. The molecule has 1 aromatic heterocycles. The number of hydrogen-bond acceptors (Lipinski definition) is 4. The van der Waals surface area contributed by atoms with Crippen LogP contribution in [-0.2, 0) is 11.1 Å². The van der Waals surface area contributed by atoms with Crippen LogP contribution in [0, 0.1) is 0 Å².